The van der Waals surface area contributed by atoms with Gasteiger partial charge in [0.1, 0.15) is 5.54 Å². The van der Waals surface area contributed by atoms with Gasteiger partial charge in [-0.3, -0.25) is 4.79 Å². The third-order valence-corrected chi connectivity index (χ3v) is 4.14. The third kappa shape index (κ3) is 3.36. The van der Waals surface area contributed by atoms with Crippen LogP contribution in [-0.4, -0.2) is 54.5 Å². The fourth-order valence-electron chi connectivity index (χ4n) is 1.79. The van der Waals surface area contributed by atoms with Crippen LogP contribution in [0.25, 0.3) is 0 Å². The van der Waals surface area contributed by atoms with E-state index in [0.29, 0.717) is 5.25 Å². The average Bonchev–Trinajstić information content (AvgIpc) is 2.48. The Morgan fingerprint density at radius 1 is 1.67 bits per heavy atom. The number of carbonyl (C=O) groups is 1. The first-order valence-electron chi connectivity index (χ1n) is 5.27. The maximum absolute atomic E-state index is 11.5. The normalized spacial score (nSPS) is 31.1. The second kappa shape index (κ2) is 5.18. The number of nitrogens with two attached hydrogens (primary N) is 1. The molecule has 1 saturated heterocycles. The summed E-state index contributed by atoms with van der Waals surface area (Å²) in [5, 5.41) is 3.84. The summed E-state index contributed by atoms with van der Waals surface area (Å²) in [6, 6.07) is 0. The molecule has 0 aromatic rings. The minimum Gasteiger partial charge on any atom is -0.368 e. The Morgan fingerprint density at radius 2 is 2.33 bits per heavy atom. The number of thioether (sulfide) groups is 1. The van der Waals surface area contributed by atoms with Crippen molar-refractivity contribution in [3.8, 4) is 0 Å². The molecule has 0 spiro atoms. The van der Waals surface area contributed by atoms with Crippen molar-refractivity contribution in [1.82, 2.24) is 10.2 Å². The van der Waals surface area contributed by atoms with Crippen molar-refractivity contribution in [3.63, 3.8) is 0 Å². The highest BCUT2D eigenvalue weighted by Gasteiger charge is 2.42. The Kier molecular flexibility index (Phi) is 4.43. The number of hydrogen-bond donors (Lipinski definition) is 2. The van der Waals surface area contributed by atoms with Crippen molar-refractivity contribution in [2.24, 2.45) is 5.73 Å². The second-order valence-electron chi connectivity index (χ2n) is 4.50. The zero-order valence-electron chi connectivity index (χ0n) is 9.75. The molecule has 3 N–H and O–H groups in total. The first kappa shape index (κ1) is 12.8. The van der Waals surface area contributed by atoms with Gasteiger partial charge in [-0.1, -0.05) is 6.92 Å². The molecule has 0 bridgehead atoms. The number of likely N-dealkylation sites (N-methyl/N-ethyl adjacent to an activating group) is 1. The van der Waals surface area contributed by atoms with E-state index in [-0.39, 0.29) is 5.91 Å². The van der Waals surface area contributed by atoms with E-state index in [2.05, 4.69) is 17.1 Å². The summed E-state index contributed by atoms with van der Waals surface area (Å²) >= 11 is 1.81. The molecule has 1 fully saturated rings. The van der Waals surface area contributed by atoms with Crippen LogP contribution in [-0.2, 0) is 4.79 Å². The van der Waals surface area contributed by atoms with Gasteiger partial charge in [0.25, 0.3) is 0 Å². The zero-order valence-corrected chi connectivity index (χ0v) is 10.6. The van der Waals surface area contributed by atoms with Crippen molar-refractivity contribution in [3.05, 3.63) is 0 Å². The topological polar surface area (TPSA) is 58.4 Å². The van der Waals surface area contributed by atoms with Crippen LogP contribution >= 0.6 is 11.8 Å². The lowest BCUT2D eigenvalue weighted by Crippen LogP contribution is -2.57. The fourth-order valence-corrected chi connectivity index (χ4v) is 3.13. The molecular formula is C10H21N3OS. The largest absolute Gasteiger partial charge is 0.368 e. The van der Waals surface area contributed by atoms with Crippen LogP contribution in [0.1, 0.15) is 13.3 Å². The molecule has 4 nitrogen and oxygen atoms in total. The molecule has 1 rings (SSSR count). The Bertz CT molecular complexity index is 235. The maximum Gasteiger partial charge on any atom is 0.238 e. The summed E-state index contributed by atoms with van der Waals surface area (Å²) in [6.07, 6.45) is 0.848. The number of primary amides is 1. The monoisotopic (exact) mass is 231 g/mol. The molecule has 0 aliphatic carbocycles. The van der Waals surface area contributed by atoms with E-state index >= 15 is 0 Å². The number of nitrogens with one attached hydrogen (secondary N) is 1. The SMILES string of the molecule is CC1CC(NCCN(C)C)(C(N)=O)CS1. The second-order valence-corrected chi connectivity index (χ2v) is 5.93. The summed E-state index contributed by atoms with van der Waals surface area (Å²) in [5.41, 5.74) is 5.01. The molecular weight excluding hydrogens is 210 g/mol. The third-order valence-electron chi connectivity index (χ3n) is 2.74. The summed E-state index contributed by atoms with van der Waals surface area (Å²) in [6.45, 7) is 3.88. The number of hydrogen-bond acceptors (Lipinski definition) is 4. The standard InChI is InChI=1S/C10H21N3OS/c1-8-6-10(7-15-8,9(11)14)12-4-5-13(2)3/h8,12H,4-7H2,1-3H3,(H2,11,14). The first-order valence-corrected chi connectivity index (χ1v) is 6.32. The van der Waals surface area contributed by atoms with E-state index in [1.165, 1.54) is 0 Å². The molecule has 1 amide bonds. The van der Waals surface area contributed by atoms with E-state index in [9.17, 15) is 4.79 Å². The van der Waals surface area contributed by atoms with Crippen LogP contribution in [0.3, 0.4) is 0 Å². The maximum atomic E-state index is 11.5. The van der Waals surface area contributed by atoms with Gasteiger partial charge in [-0.2, -0.15) is 11.8 Å². The number of nitrogens with zero attached hydrogens (tertiary/aromatic N) is 1. The van der Waals surface area contributed by atoms with Gasteiger partial charge < -0.3 is 16.0 Å². The molecule has 0 radical (unpaired) electrons. The van der Waals surface area contributed by atoms with E-state index in [4.69, 9.17) is 5.73 Å². The molecule has 2 atom stereocenters. The van der Waals surface area contributed by atoms with Crippen LogP contribution in [0, 0.1) is 0 Å². The van der Waals surface area contributed by atoms with Gasteiger partial charge in [0, 0.05) is 24.1 Å². The zero-order chi connectivity index (χ0) is 11.5. The van der Waals surface area contributed by atoms with Gasteiger partial charge in [0.05, 0.1) is 0 Å². The molecule has 1 heterocycles. The highest BCUT2D eigenvalue weighted by molar-refractivity contribution is 8.00. The molecule has 1 aliphatic rings. The summed E-state index contributed by atoms with van der Waals surface area (Å²) in [5.74, 6) is 0.592. The molecule has 1 aliphatic heterocycles. The molecule has 0 saturated carbocycles. The van der Waals surface area contributed by atoms with Gasteiger partial charge >= 0.3 is 0 Å². The first-order chi connectivity index (χ1) is 6.96. The quantitative estimate of drug-likeness (QED) is 0.693. The van der Waals surface area contributed by atoms with E-state index in [0.717, 1.165) is 25.3 Å². The average molecular weight is 231 g/mol. The summed E-state index contributed by atoms with van der Waals surface area (Å²) in [4.78, 5) is 13.6. The molecule has 2 unspecified atom stereocenters. The van der Waals surface area contributed by atoms with Crippen molar-refractivity contribution < 1.29 is 4.79 Å². The van der Waals surface area contributed by atoms with Crippen molar-refractivity contribution in [1.29, 1.82) is 0 Å². The van der Waals surface area contributed by atoms with Crippen LogP contribution in [0.15, 0.2) is 0 Å². The highest BCUT2D eigenvalue weighted by Crippen LogP contribution is 2.33. The molecule has 15 heavy (non-hydrogen) atoms. The van der Waals surface area contributed by atoms with Gasteiger partial charge in [-0.25, -0.2) is 0 Å². The van der Waals surface area contributed by atoms with Gasteiger partial charge in [-0.15, -0.1) is 0 Å². The van der Waals surface area contributed by atoms with Crippen LogP contribution < -0.4 is 11.1 Å². The molecule has 0 aromatic heterocycles. The van der Waals surface area contributed by atoms with E-state index in [1.807, 2.05) is 25.9 Å². The number of amides is 1. The fraction of sp³-hybridized carbons (Fsp3) is 0.900. The Hall–Kier alpha value is -0.260. The Morgan fingerprint density at radius 3 is 2.73 bits per heavy atom. The van der Waals surface area contributed by atoms with E-state index < -0.39 is 5.54 Å². The Balaban J connectivity index is 2.48. The lowest BCUT2D eigenvalue weighted by atomic mass is 9.95. The molecule has 5 heteroatoms. The van der Waals surface area contributed by atoms with Crippen LogP contribution in [0.5, 0.6) is 0 Å². The van der Waals surface area contributed by atoms with E-state index in [1.54, 1.807) is 0 Å². The minimum atomic E-state index is -0.472. The summed E-state index contributed by atoms with van der Waals surface area (Å²) < 4.78 is 0. The Labute approximate surface area is 96.0 Å². The van der Waals surface area contributed by atoms with Crippen molar-refractivity contribution in [2.45, 2.75) is 24.1 Å². The lowest BCUT2D eigenvalue weighted by Gasteiger charge is -2.27. The lowest BCUT2D eigenvalue weighted by molar-refractivity contribution is -0.123. The van der Waals surface area contributed by atoms with Gasteiger partial charge in [0.15, 0.2) is 0 Å². The van der Waals surface area contributed by atoms with Crippen molar-refractivity contribution in [2.75, 3.05) is 32.9 Å². The van der Waals surface area contributed by atoms with Crippen molar-refractivity contribution >= 4 is 17.7 Å². The highest BCUT2D eigenvalue weighted by atomic mass is 32.2. The van der Waals surface area contributed by atoms with Gasteiger partial charge in [-0.05, 0) is 20.5 Å². The minimum absolute atomic E-state index is 0.210. The van der Waals surface area contributed by atoms with Gasteiger partial charge in [0.2, 0.25) is 5.91 Å². The predicted octanol–water partition coefficient (Wildman–Crippen LogP) is -0.113. The number of rotatable bonds is 5. The number of carbonyl (C=O) groups excluding carboxylic acids is 1. The smallest absolute Gasteiger partial charge is 0.238 e. The summed E-state index contributed by atoms with van der Waals surface area (Å²) in [7, 11) is 4.04. The molecule has 0 aromatic carbocycles. The predicted molar refractivity (Wildman–Crippen MR) is 65.0 cm³/mol. The molecule has 88 valence electrons. The van der Waals surface area contributed by atoms with Crippen LogP contribution in [0.4, 0.5) is 0 Å². The van der Waals surface area contributed by atoms with Crippen LogP contribution in [0.2, 0.25) is 0 Å².